The molecule has 9 heteroatoms. The van der Waals surface area contributed by atoms with Gasteiger partial charge in [0.05, 0.1) is 10.2 Å². The van der Waals surface area contributed by atoms with Crippen LogP contribution in [0.3, 0.4) is 0 Å². The summed E-state index contributed by atoms with van der Waals surface area (Å²) in [6, 6.07) is 4.60. The summed E-state index contributed by atoms with van der Waals surface area (Å²) in [6.45, 7) is 0. The lowest BCUT2D eigenvalue weighted by Crippen LogP contribution is -2.26. The Labute approximate surface area is 128 Å². The van der Waals surface area contributed by atoms with E-state index in [0.29, 0.717) is 10.2 Å². The van der Waals surface area contributed by atoms with Crippen molar-refractivity contribution in [2.75, 3.05) is 5.32 Å². The Kier molecular flexibility index (Phi) is 3.84. The summed E-state index contributed by atoms with van der Waals surface area (Å²) in [5.41, 5.74) is 0.139. The molecule has 1 aromatic rings. The lowest BCUT2D eigenvalue weighted by Gasteiger charge is -2.09. The van der Waals surface area contributed by atoms with Crippen molar-refractivity contribution < 1.29 is 18.3 Å². The average molecular weight is 407 g/mol. The van der Waals surface area contributed by atoms with Crippen LogP contribution in [0, 0.1) is 22.7 Å². The third-order valence-corrected chi connectivity index (χ3v) is 3.57. The van der Waals surface area contributed by atoms with Gasteiger partial charge in [-0.25, -0.2) is 0 Å². The van der Waals surface area contributed by atoms with Crippen molar-refractivity contribution in [3.05, 3.63) is 26.8 Å². The van der Waals surface area contributed by atoms with Crippen molar-refractivity contribution in [1.29, 1.82) is 10.5 Å². The molecule has 0 saturated heterocycles. The number of ether oxygens (including phenoxy) is 2. The summed E-state index contributed by atoms with van der Waals surface area (Å²) in [4.78, 5) is 0. The van der Waals surface area contributed by atoms with Crippen molar-refractivity contribution in [1.82, 2.24) is 0 Å². The minimum absolute atomic E-state index is 0.135. The molecule has 0 saturated carbocycles. The van der Waals surface area contributed by atoms with Gasteiger partial charge in [0, 0.05) is 16.7 Å². The van der Waals surface area contributed by atoms with E-state index in [1.165, 1.54) is 6.07 Å². The standard InChI is InChI=1S/C11H3Br2F2N3O2/c12-6-1-7-10(20-11(14,15)19-7)8(13)9(6)18-4-5(2-16)3-17/h1,4,18H. The third kappa shape index (κ3) is 2.69. The molecular formula is C11H3Br2F2N3O2. The van der Waals surface area contributed by atoms with Gasteiger partial charge < -0.3 is 14.8 Å². The second-order valence-corrected chi connectivity index (χ2v) is 5.12. The molecule has 0 spiro atoms. The van der Waals surface area contributed by atoms with Gasteiger partial charge in [-0.3, -0.25) is 0 Å². The van der Waals surface area contributed by atoms with Crippen molar-refractivity contribution in [3.63, 3.8) is 0 Å². The SMILES string of the molecule is N#CC(C#N)=CNc1c(Br)cc2c(c1Br)OC(F)(F)O2. The van der Waals surface area contributed by atoms with E-state index in [1.54, 1.807) is 12.1 Å². The molecule has 1 aliphatic rings. The lowest BCUT2D eigenvalue weighted by molar-refractivity contribution is -0.286. The Morgan fingerprint density at radius 1 is 1.30 bits per heavy atom. The first-order valence-corrected chi connectivity index (χ1v) is 6.51. The summed E-state index contributed by atoms with van der Waals surface area (Å²) in [5, 5.41) is 19.9. The Bertz CT molecular complexity index is 676. The summed E-state index contributed by atoms with van der Waals surface area (Å²) < 4.78 is 35.2. The number of hydrogen-bond donors (Lipinski definition) is 1. The molecule has 5 nitrogen and oxygen atoms in total. The van der Waals surface area contributed by atoms with Gasteiger partial charge in [0.25, 0.3) is 0 Å². The monoisotopic (exact) mass is 405 g/mol. The highest BCUT2D eigenvalue weighted by Gasteiger charge is 2.45. The van der Waals surface area contributed by atoms with Gasteiger partial charge in [-0.05, 0) is 31.9 Å². The molecule has 0 amide bonds. The van der Waals surface area contributed by atoms with Crippen LogP contribution < -0.4 is 14.8 Å². The zero-order valence-electron chi connectivity index (χ0n) is 9.38. The number of fused-ring (bicyclic) bond motifs is 1. The Morgan fingerprint density at radius 2 is 1.95 bits per heavy atom. The van der Waals surface area contributed by atoms with Crippen LogP contribution in [0.1, 0.15) is 0 Å². The predicted molar refractivity (Wildman–Crippen MR) is 71.0 cm³/mol. The fourth-order valence-electron chi connectivity index (χ4n) is 1.38. The van der Waals surface area contributed by atoms with Crippen LogP contribution in [-0.2, 0) is 0 Å². The highest BCUT2D eigenvalue weighted by Crippen LogP contribution is 2.51. The zero-order valence-corrected chi connectivity index (χ0v) is 12.5. The molecule has 0 aromatic heterocycles. The quantitative estimate of drug-likeness (QED) is 0.754. The van der Waals surface area contributed by atoms with Crippen LogP contribution >= 0.6 is 31.9 Å². The van der Waals surface area contributed by atoms with E-state index in [2.05, 4.69) is 46.7 Å². The molecule has 0 atom stereocenters. The maximum Gasteiger partial charge on any atom is 0.586 e. The molecule has 0 bridgehead atoms. The molecule has 1 heterocycles. The number of allylic oxidation sites excluding steroid dienone is 1. The summed E-state index contributed by atoms with van der Waals surface area (Å²) in [6.07, 6.45) is -2.59. The molecule has 1 aromatic carbocycles. The van der Waals surface area contributed by atoms with Crippen LogP contribution in [0.5, 0.6) is 11.5 Å². The lowest BCUT2D eigenvalue weighted by atomic mass is 10.2. The van der Waals surface area contributed by atoms with Crippen molar-refractivity contribution >= 4 is 37.5 Å². The second-order valence-electron chi connectivity index (χ2n) is 3.47. The molecule has 1 aliphatic heterocycles. The number of nitrogens with one attached hydrogen (secondary N) is 1. The normalized spacial score (nSPS) is 14.1. The van der Waals surface area contributed by atoms with Gasteiger partial charge in [-0.1, -0.05) is 0 Å². The first-order valence-electron chi connectivity index (χ1n) is 4.92. The van der Waals surface area contributed by atoms with Crippen LogP contribution in [0.15, 0.2) is 26.8 Å². The number of alkyl halides is 2. The minimum atomic E-state index is -3.73. The van der Waals surface area contributed by atoms with Crippen LogP contribution in [0.25, 0.3) is 0 Å². The number of halogens is 4. The molecular weight excluding hydrogens is 404 g/mol. The summed E-state index contributed by atoms with van der Waals surface area (Å²) in [5.74, 6) is -0.311. The Balaban J connectivity index is 2.42. The van der Waals surface area contributed by atoms with Gasteiger partial charge >= 0.3 is 6.29 Å². The van der Waals surface area contributed by atoms with E-state index in [4.69, 9.17) is 10.5 Å². The zero-order chi connectivity index (χ0) is 14.9. The predicted octanol–water partition coefficient (Wildman–Crippen LogP) is 3.88. The molecule has 0 unspecified atom stereocenters. The molecule has 1 N–H and O–H groups in total. The highest BCUT2D eigenvalue weighted by molar-refractivity contribution is 9.11. The smallest absolute Gasteiger partial charge is 0.395 e. The van der Waals surface area contributed by atoms with Crippen molar-refractivity contribution in [2.24, 2.45) is 0 Å². The van der Waals surface area contributed by atoms with Crippen LogP contribution in [0.2, 0.25) is 0 Å². The number of anilines is 1. The average Bonchev–Trinajstić information content (AvgIpc) is 2.68. The van der Waals surface area contributed by atoms with E-state index in [0.717, 1.165) is 6.20 Å². The molecule has 2 rings (SSSR count). The van der Waals surface area contributed by atoms with E-state index < -0.39 is 6.29 Å². The fraction of sp³-hybridized carbons (Fsp3) is 0.0909. The topological polar surface area (TPSA) is 78.1 Å². The Morgan fingerprint density at radius 3 is 2.55 bits per heavy atom. The number of rotatable bonds is 2. The first-order chi connectivity index (χ1) is 9.38. The molecule has 20 heavy (non-hydrogen) atoms. The number of hydrogen-bond acceptors (Lipinski definition) is 5. The fourth-order valence-corrected chi connectivity index (χ4v) is 2.78. The van der Waals surface area contributed by atoms with Gasteiger partial charge in [-0.15, -0.1) is 8.78 Å². The summed E-state index contributed by atoms with van der Waals surface area (Å²) in [7, 11) is 0. The maximum atomic E-state index is 13.0. The van der Waals surface area contributed by atoms with E-state index in [-0.39, 0.29) is 21.5 Å². The van der Waals surface area contributed by atoms with Crippen molar-refractivity contribution in [3.8, 4) is 23.6 Å². The number of nitriles is 2. The minimum Gasteiger partial charge on any atom is -0.395 e. The maximum absolute atomic E-state index is 13.0. The number of nitrogens with zero attached hydrogens (tertiary/aromatic N) is 2. The van der Waals surface area contributed by atoms with Gasteiger partial charge in [0.2, 0.25) is 0 Å². The third-order valence-electron chi connectivity index (χ3n) is 2.19. The molecule has 0 fully saturated rings. The van der Waals surface area contributed by atoms with Crippen LogP contribution in [-0.4, -0.2) is 6.29 Å². The van der Waals surface area contributed by atoms with E-state index >= 15 is 0 Å². The van der Waals surface area contributed by atoms with Gasteiger partial charge in [0.1, 0.15) is 17.7 Å². The first kappa shape index (κ1) is 14.6. The van der Waals surface area contributed by atoms with Crippen molar-refractivity contribution in [2.45, 2.75) is 6.29 Å². The van der Waals surface area contributed by atoms with Gasteiger partial charge in [-0.2, -0.15) is 10.5 Å². The van der Waals surface area contributed by atoms with Gasteiger partial charge in [0.15, 0.2) is 11.5 Å². The molecule has 0 aliphatic carbocycles. The van der Waals surface area contributed by atoms with E-state index in [9.17, 15) is 8.78 Å². The largest absolute Gasteiger partial charge is 0.586 e. The molecule has 0 radical (unpaired) electrons. The second kappa shape index (κ2) is 5.27. The summed E-state index contributed by atoms with van der Waals surface area (Å²) >= 11 is 6.27. The molecule has 102 valence electrons. The number of benzene rings is 1. The van der Waals surface area contributed by atoms with E-state index in [1.807, 2.05) is 0 Å². The highest BCUT2D eigenvalue weighted by atomic mass is 79.9. The van der Waals surface area contributed by atoms with Crippen LogP contribution in [0.4, 0.5) is 14.5 Å². The Hall–Kier alpha value is -1.84.